The van der Waals surface area contributed by atoms with Gasteiger partial charge in [-0.25, -0.2) is 18.4 Å². The van der Waals surface area contributed by atoms with Gasteiger partial charge in [-0.15, -0.1) is 0 Å². The van der Waals surface area contributed by atoms with Crippen LogP contribution in [0.5, 0.6) is 5.75 Å². The Morgan fingerprint density at radius 2 is 1.85 bits per heavy atom. The predicted molar refractivity (Wildman–Crippen MR) is 74.5 cm³/mol. The average molecular weight is 322 g/mol. The number of rotatable bonds is 3. The molecule has 0 bridgehead atoms. The third-order valence-corrected chi connectivity index (χ3v) is 3.28. The highest BCUT2D eigenvalue weighted by Gasteiger charge is 2.26. The number of primary sulfonamides is 1. The molecule has 0 spiro atoms. The van der Waals surface area contributed by atoms with Gasteiger partial charge in [-0.3, -0.25) is 0 Å². The molecular weight excluding hydrogens is 306 g/mol. The first kappa shape index (κ1) is 16.7. The number of hydrogen-bond donors (Lipinski definition) is 1. The summed E-state index contributed by atoms with van der Waals surface area (Å²) < 4.78 is 33.2. The van der Waals surface area contributed by atoms with Gasteiger partial charge in [-0.1, -0.05) is 11.6 Å². The summed E-state index contributed by atoms with van der Waals surface area (Å²) in [4.78, 5) is 11.7. The fraction of sp³-hybridized carbons (Fsp3) is 0.417. The fourth-order valence-corrected chi connectivity index (χ4v) is 2.50. The predicted octanol–water partition coefficient (Wildman–Crippen LogP) is 1.95. The summed E-state index contributed by atoms with van der Waals surface area (Å²) in [5, 5.41) is 5.12. The van der Waals surface area contributed by atoms with E-state index >= 15 is 0 Å². The minimum atomic E-state index is -4.09. The highest BCUT2D eigenvalue weighted by atomic mass is 35.5. The summed E-state index contributed by atoms with van der Waals surface area (Å²) in [6.07, 6.45) is 0. The van der Waals surface area contributed by atoms with E-state index in [0.717, 1.165) is 6.07 Å². The van der Waals surface area contributed by atoms with Crippen LogP contribution in [0.15, 0.2) is 17.0 Å². The largest absolute Gasteiger partial charge is 0.494 e. The first-order chi connectivity index (χ1) is 8.95. The second-order valence-electron chi connectivity index (χ2n) is 5.03. The third kappa shape index (κ3) is 4.09. The first-order valence-electron chi connectivity index (χ1n) is 5.59. The van der Waals surface area contributed by atoms with Gasteiger partial charge < -0.3 is 9.47 Å². The monoisotopic (exact) mass is 321 g/mol. The van der Waals surface area contributed by atoms with Crippen molar-refractivity contribution >= 4 is 27.6 Å². The molecule has 0 unspecified atom stereocenters. The van der Waals surface area contributed by atoms with E-state index in [0.29, 0.717) is 0 Å². The molecule has 2 N–H and O–H groups in total. The van der Waals surface area contributed by atoms with Gasteiger partial charge in [0.2, 0.25) is 10.0 Å². The number of benzene rings is 1. The number of esters is 1. The minimum absolute atomic E-state index is 0.0377. The van der Waals surface area contributed by atoms with Crippen molar-refractivity contribution < 1.29 is 22.7 Å². The standard InChI is InChI=1S/C12H16ClNO5S/c1-12(2,3)19-11(15)8-5-7(13)6-9(10(8)18-4)20(14,16)17/h5-6H,1-4H3,(H2,14,16,17). The summed E-state index contributed by atoms with van der Waals surface area (Å²) in [7, 11) is -2.86. The normalized spacial score (nSPS) is 12.1. The number of carbonyl (C=O) groups is 1. The van der Waals surface area contributed by atoms with E-state index in [9.17, 15) is 13.2 Å². The van der Waals surface area contributed by atoms with E-state index in [2.05, 4.69) is 0 Å². The van der Waals surface area contributed by atoms with Crippen LogP contribution >= 0.6 is 11.6 Å². The smallest absolute Gasteiger partial charge is 0.342 e. The van der Waals surface area contributed by atoms with Gasteiger partial charge in [0.05, 0.1) is 7.11 Å². The highest BCUT2D eigenvalue weighted by molar-refractivity contribution is 7.89. The maximum absolute atomic E-state index is 12.1. The van der Waals surface area contributed by atoms with Crippen molar-refractivity contribution in [3.63, 3.8) is 0 Å². The van der Waals surface area contributed by atoms with Gasteiger partial charge in [0, 0.05) is 5.02 Å². The van der Waals surface area contributed by atoms with Crippen LogP contribution in [0.25, 0.3) is 0 Å². The Hall–Kier alpha value is -1.31. The Balaban J connectivity index is 3.48. The molecule has 8 heteroatoms. The Morgan fingerprint density at radius 3 is 2.25 bits per heavy atom. The Kier molecular flexibility index (Phi) is 4.68. The molecule has 1 aromatic rings. The number of methoxy groups -OCH3 is 1. The van der Waals surface area contributed by atoms with E-state index in [-0.39, 0.29) is 21.2 Å². The number of ether oxygens (including phenoxy) is 2. The molecule has 0 aromatic heterocycles. The van der Waals surface area contributed by atoms with E-state index in [1.54, 1.807) is 20.8 Å². The second kappa shape index (κ2) is 5.59. The van der Waals surface area contributed by atoms with Crippen molar-refractivity contribution in [2.24, 2.45) is 5.14 Å². The van der Waals surface area contributed by atoms with Crippen LogP contribution in [-0.4, -0.2) is 27.1 Å². The molecule has 112 valence electrons. The molecular formula is C12H16ClNO5S. The van der Waals surface area contributed by atoms with Gasteiger partial charge in [-0.2, -0.15) is 0 Å². The summed E-state index contributed by atoms with van der Waals surface area (Å²) >= 11 is 5.82. The van der Waals surface area contributed by atoms with Gasteiger partial charge in [-0.05, 0) is 32.9 Å². The average Bonchev–Trinajstić information content (AvgIpc) is 2.24. The Labute approximate surface area is 122 Å². The third-order valence-electron chi connectivity index (χ3n) is 2.15. The molecule has 0 radical (unpaired) electrons. The summed E-state index contributed by atoms with van der Waals surface area (Å²) in [6, 6.07) is 2.38. The van der Waals surface area contributed by atoms with Crippen LogP contribution in [0.3, 0.4) is 0 Å². The molecule has 0 amide bonds. The zero-order valence-electron chi connectivity index (χ0n) is 11.6. The highest BCUT2D eigenvalue weighted by Crippen LogP contribution is 2.32. The number of sulfonamides is 1. The van der Waals surface area contributed by atoms with Crippen molar-refractivity contribution in [2.75, 3.05) is 7.11 Å². The van der Waals surface area contributed by atoms with Gasteiger partial charge in [0.25, 0.3) is 0 Å². The maximum atomic E-state index is 12.1. The van der Waals surface area contributed by atoms with Crippen LogP contribution in [-0.2, 0) is 14.8 Å². The second-order valence-corrected chi connectivity index (χ2v) is 7.00. The van der Waals surface area contributed by atoms with E-state index in [1.165, 1.54) is 13.2 Å². The molecule has 1 aromatic carbocycles. The van der Waals surface area contributed by atoms with Crippen LogP contribution < -0.4 is 9.88 Å². The molecule has 6 nitrogen and oxygen atoms in total. The van der Waals surface area contributed by atoms with Crippen LogP contribution in [0.2, 0.25) is 5.02 Å². The number of nitrogens with two attached hydrogens (primary N) is 1. The molecule has 20 heavy (non-hydrogen) atoms. The zero-order valence-corrected chi connectivity index (χ0v) is 13.1. The van der Waals surface area contributed by atoms with Crippen LogP contribution in [0, 0.1) is 0 Å². The lowest BCUT2D eigenvalue weighted by molar-refractivity contribution is 0.00660. The summed E-state index contributed by atoms with van der Waals surface area (Å²) in [6.45, 7) is 5.05. The lowest BCUT2D eigenvalue weighted by Crippen LogP contribution is -2.25. The molecule has 0 aliphatic rings. The topological polar surface area (TPSA) is 95.7 Å². The molecule has 1 rings (SSSR count). The molecule has 0 fully saturated rings. The first-order valence-corrected chi connectivity index (χ1v) is 7.52. The van der Waals surface area contributed by atoms with Crippen LogP contribution in [0.4, 0.5) is 0 Å². The van der Waals surface area contributed by atoms with E-state index in [1.807, 2.05) is 0 Å². The van der Waals surface area contributed by atoms with Gasteiger partial charge in [0.1, 0.15) is 16.1 Å². The zero-order chi connectivity index (χ0) is 15.7. The Bertz CT molecular complexity index is 634. The molecule has 0 aliphatic heterocycles. The fourth-order valence-electron chi connectivity index (χ4n) is 1.48. The van der Waals surface area contributed by atoms with Crippen molar-refractivity contribution in [3.05, 3.63) is 22.7 Å². The molecule has 0 saturated heterocycles. The van der Waals surface area contributed by atoms with E-state index < -0.39 is 21.6 Å². The van der Waals surface area contributed by atoms with Crippen molar-refractivity contribution in [1.82, 2.24) is 0 Å². The van der Waals surface area contributed by atoms with Crippen molar-refractivity contribution in [2.45, 2.75) is 31.3 Å². The Morgan fingerprint density at radius 1 is 1.30 bits per heavy atom. The minimum Gasteiger partial charge on any atom is -0.494 e. The van der Waals surface area contributed by atoms with E-state index in [4.69, 9.17) is 26.2 Å². The van der Waals surface area contributed by atoms with Crippen molar-refractivity contribution in [1.29, 1.82) is 0 Å². The lowest BCUT2D eigenvalue weighted by atomic mass is 10.1. The quantitative estimate of drug-likeness (QED) is 0.858. The van der Waals surface area contributed by atoms with Gasteiger partial charge in [0.15, 0.2) is 5.75 Å². The summed E-state index contributed by atoms with van der Waals surface area (Å²) in [5.74, 6) is -0.937. The van der Waals surface area contributed by atoms with Gasteiger partial charge >= 0.3 is 5.97 Å². The molecule has 0 heterocycles. The molecule has 0 atom stereocenters. The number of carbonyl (C=O) groups excluding carboxylic acids is 1. The van der Waals surface area contributed by atoms with Crippen LogP contribution in [0.1, 0.15) is 31.1 Å². The number of halogens is 1. The maximum Gasteiger partial charge on any atom is 0.342 e. The van der Waals surface area contributed by atoms with Crippen molar-refractivity contribution in [3.8, 4) is 5.75 Å². The number of hydrogen-bond acceptors (Lipinski definition) is 5. The summed E-state index contributed by atoms with van der Waals surface area (Å²) in [5.41, 5.74) is -0.842. The molecule has 0 aliphatic carbocycles. The molecule has 0 saturated carbocycles. The lowest BCUT2D eigenvalue weighted by Gasteiger charge is -2.21. The SMILES string of the molecule is COc1c(C(=O)OC(C)(C)C)cc(Cl)cc1S(N)(=O)=O.